The zero-order valence-electron chi connectivity index (χ0n) is 16.2. The summed E-state index contributed by atoms with van der Waals surface area (Å²) < 4.78 is 23.6. The molecule has 3 N–H and O–H groups in total. The maximum Gasteiger partial charge on any atom is 0.181 e. The average Bonchev–Trinajstić information content (AvgIpc) is 3.35. The number of nitrogens with zero attached hydrogens (tertiary/aromatic N) is 1. The Hall–Kier alpha value is -3.04. The molecule has 3 aromatic rings. The topological polar surface area (TPSA) is 99.7 Å². The van der Waals surface area contributed by atoms with Gasteiger partial charge in [-0.05, 0) is 30.7 Å². The number of hydrogen-bond acceptors (Lipinski definition) is 9. The second-order valence-corrected chi connectivity index (χ2v) is 8.68. The Morgan fingerprint density at radius 1 is 1.03 bits per heavy atom. The van der Waals surface area contributed by atoms with Crippen molar-refractivity contribution < 1.29 is 18.9 Å². The van der Waals surface area contributed by atoms with E-state index in [0.717, 1.165) is 43.2 Å². The van der Waals surface area contributed by atoms with Crippen LogP contribution in [0.5, 0.6) is 23.0 Å². The van der Waals surface area contributed by atoms with Gasteiger partial charge in [-0.3, -0.25) is 4.98 Å². The van der Waals surface area contributed by atoms with Gasteiger partial charge < -0.3 is 30.1 Å². The van der Waals surface area contributed by atoms with Crippen LogP contribution < -0.4 is 24.7 Å². The van der Waals surface area contributed by atoms with Crippen LogP contribution in [0.1, 0.15) is 12.6 Å². The molecule has 0 amide bonds. The van der Waals surface area contributed by atoms with Crippen molar-refractivity contribution in [3.8, 4) is 43.2 Å². The first-order valence-electron chi connectivity index (χ1n) is 9.41. The summed E-state index contributed by atoms with van der Waals surface area (Å²) >= 11 is 3.16. The molecule has 0 radical (unpaired) electrons. The molecule has 0 aromatic carbocycles. The monoisotopic (exact) mass is 441 g/mol. The first kappa shape index (κ1) is 19.0. The number of hydrogen-bond donors (Lipinski definition) is 2. The fourth-order valence-corrected chi connectivity index (χ4v) is 5.61. The number of allylic oxidation sites excluding steroid dienone is 1. The molecule has 3 aromatic heterocycles. The minimum absolute atomic E-state index is 0.372. The van der Waals surface area contributed by atoms with Gasteiger partial charge in [0.25, 0.3) is 0 Å². The molecule has 154 valence electrons. The molecule has 0 unspecified atom stereocenters. The number of rotatable bonds is 4. The number of fused-ring (bicyclic) bond motifs is 2. The molecule has 0 saturated carbocycles. The molecule has 2 aliphatic rings. The Labute approximate surface area is 181 Å². The third-order valence-electron chi connectivity index (χ3n) is 4.60. The first-order chi connectivity index (χ1) is 14.6. The zero-order valence-corrected chi connectivity index (χ0v) is 17.8. The lowest BCUT2D eigenvalue weighted by Crippen LogP contribution is -2.15. The largest absolute Gasteiger partial charge is 0.485 e. The van der Waals surface area contributed by atoms with E-state index in [-0.39, 0.29) is 0 Å². The number of nitrogens with two attached hydrogens (primary N) is 1. The number of pyridine rings is 1. The van der Waals surface area contributed by atoms with Crippen molar-refractivity contribution in [3.05, 3.63) is 35.5 Å². The zero-order chi connectivity index (χ0) is 20.7. The van der Waals surface area contributed by atoms with E-state index >= 15 is 0 Å². The highest BCUT2D eigenvalue weighted by Gasteiger charge is 2.30. The quantitative estimate of drug-likeness (QED) is 0.582. The van der Waals surface area contributed by atoms with Gasteiger partial charge in [0.1, 0.15) is 26.4 Å². The van der Waals surface area contributed by atoms with E-state index in [1.54, 1.807) is 41.9 Å². The van der Waals surface area contributed by atoms with Crippen molar-refractivity contribution >= 4 is 34.1 Å². The molecule has 30 heavy (non-hydrogen) atoms. The summed E-state index contributed by atoms with van der Waals surface area (Å²) in [6.07, 6.45) is 3.31. The van der Waals surface area contributed by atoms with Crippen LogP contribution in [0.4, 0.5) is 0 Å². The predicted molar refractivity (Wildman–Crippen MR) is 118 cm³/mol. The highest BCUT2D eigenvalue weighted by molar-refractivity contribution is 7.24. The van der Waals surface area contributed by atoms with Crippen LogP contribution in [0, 0.1) is 5.41 Å². The molecule has 0 fully saturated rings. The van der Waals surface area contributed by atoms with Gasteiger partial charge >= 0.3 is 0 Å². The molecule has 0 spiro atoms. The van der Waals surface area contributed by atoms with Crippen LogP contribution in [0.3, 0.4) is 0 Å². The van der Waals surface area contributed by atoms with E-state index < -0.39 is 0 Å². The van der Waals surface area contributed by atoms with E-state index in [2.05, 4.69) is 4.98 Å². The smallest absolute Gasteiger partial charge is 0.181 e. The first-order valence-corrected chi connectivity index (χ1v) is 11.1. The predicted octanol–water partition coefficient (Wildman–Crippen LogP) is 4.42. The standard InChI is InChI=1S/C21H19N3O4S2/c1-11(22)8-13(23)14-9-12(2-3-24-14)19-17-18(28-7-6-27-17)21(30-19)20-16-15(10-29-20)25-4-5-26-16/h2-3,8-10,22H,4-7,23H2,1H3/b13-8-,22-11?. The lowest BCUT2D eigenvalue weighted by atomic mass is 10.1. The second kappa shape index (κ2) is 7.66. The van der Waals surface area contributed by atoms with Crippen molar-refractivity contribution in [2.45, 2.75) is 6.92 Å². The molecule has 9 heteroatoms. The van der Waals surface area contributed by atoms with E-state index in [4.69, 9.17) is 30.1 Å². The summed E-state index contributed by atoms with van der Waals surface area (Å²) in [5.74, 6) is 2.99. The Kier molecular flexibility index (Phi) is 4.84. The lowest BCUT2D eigenvalue weighted by molar-refractivity contribution is 0.172. The van der Waals surface area contributed by atoms with Crippen molar-refractivity contribution in [1.29, 1.82) is 5.41 Å². The summed E-state index contributed by atoms with van der Waals surface area (Å²) in [7, 11) is 0. The summed E-state index contributed by atoms with van der Waals surface area (Å²) in [4.78, 5) is 7.25. The van der Waals surface area contributed by atoms with E-state index in [1.807, 2.05) is 17.5 Å². The van der Waals surface area contributed by atoms with E-state index in [0.29, 0.717) is 43.5 Å². The number of nitrogens with one attached hydrogen (secondary N) is 1. The molecule has 7 nitrogen and oxygen atoms in total. The highest BCUT2D eigenvalue weighted by atomic mass is 32.1. The molecule has 2 aliphatic heterocycles. The van der Waals surface area contributed by atoms with Gasteiger partial charge in [-0.1, -0.05) is 0 Å². The van der Waals surface area contributed by atoms with Crippen LogP contribution in [0.25, 0.3) is 25.9 Å². The molecule has 0 atom stereocenters. The van der Waals surface area contributed by atoms with Crippen LogP contribution in [-0.2, 0) is 0 Å². The molecule has 0 bridgehead atoms. The summed E-state index contributed by atoms with van der Waals surface area (Å²) in [6, 6.07) is 3.83. The Bertz CT molecular complexity index is 1170. The van der Waals surface area contributed by atoms with Gasteiger partial charge in [0.05, 0.1) is 26.0 Å². The third kappa shape index (κ3) is 3.29. The molecule has 5 rings (SSSR count). The van der Waals surface area contributed by atoms with Gasteiger partial charge in [0.2, 0.25) is 0 Å². The molecule has 5 heterocycles. The minimum Gasteiger partial charge on any atom is -0.485 e. The number of thiophene rings is 2. The van der Waals surface area contributed by atoms with Gasteiger partial charge in [-0.25, -0.2) is 0 Å². The van der Waals surface area contributed by atoms with Crippen LogP contribution in [0.2, 0.25) is 0 Å². The van der Waals surface area contributed by atoms with Crippen molar-refractivity contribution in [2.75, 3.05) is 26.4 Å². The van der Waals surface area contributed by atoms with Crippen molar-refractivity contribution in [1.82, 2.24) is 4.98 Å². The normalized spacial score (nSPS) is 15.2. The highest BCUT2D eigenvalue weighted by Crippen LogP contribution is 2.58. The maximum absolute atomic E-state index is 7.64. The van der Waals surface area contributed by atoms with E-state index in [1.165, 1.54) is 0 Å². The molecule has 0 aliphatic carbocycles. The van der Waals surface area contributed by atoms with E-state index in [9.17, 15) is 0 Å². The summed E-state index contributed by atoms with van der Waals surface area (Å²) in [6.45, 7) is 3.75. The average molecular weight is 442 g/mol. The third-order valence-corrected chi connectivity index (χ3v) is 6.90. The van der Waals surface area contributed by atoms with Gasteiger partial charge in [-0.2, -0.15) is 0 Å². The van der Waals surface area contributed by atoms with Crippen LogP contribution >= 0.6 is 22.7 Å². The molecular weight excluding hydrogens is 422 g/mol. The van der Waals surface area contributed by atoms with Crippen LogP contribution in [-0.4, -0.2) is 37.1 Å². The number of aromatic nitrogens is 1. The minimum atomic E-state index is 0.372. The Morgan fingerprint density at radius 2 is 1.73 bits per heavy atom. The Balaban J connectivity index is 1.63. The summed E-state index contributed by atoms with van der Waals surface area (Å²) in [5, 5.41) is 9.60. The van der Waals surface area contributed by atoms with Gasteiger partial charge in [-0.15, -0.1) is 22.7 Å². The lowest BCUT2D eigenvalue weighted by Gasteiger charge is -2.18. The second-order valence-electron chi connectivity index (χ2n) is 6.78. The van der Waals surface area contributed by atoms with Crippen molar-refractivity contribution in [2.24, 2.45) is 5.73 Å². The molecule has 0 saturated heterocycles. The van der Waals surface area contributed by atoms with Gasteiger partial charge in [0, 0.05) is 17.3 Å². The summed E-state index contributed by atoms with van der Waals surface area (Å²) in [5.41, 5.74) is 8.48. The fraction of sp³-hybridized carbons (Fsp3) is 0.238. The van der Waals surface area contributed by atoms with Crippen molar-refractivity contribution in [3.63, 3.8) is 0 Å². The molecular formula is C21H19N3O4S2. The fourth-order valence-electron chi connectivity index (χ4n) is 3.35. The maximum atomic E-state index is 7.64. The van der Waals surface area contributed by atoms with Crippen LogP contribution in [0.15, 0.2) is 29.8 Å². The SMILES string of the molecule is CC(=N)/C=C(\N)c1cc(-c2sc(-c3scc4c3OCCO4)c3c2OCCO3)ccn1. The number of ether oxygens (including phenoxy) is 4. The van der Waals surface area contributed by atoms with Gasteiger partial charge in [0.15, 0.2) is 23.0 Å². The Morgan fingerprint density at radius 3 is 2.50 bits per heavy atom.